The summed E-state index contributed by atoms with van der Waals surface area (Å²) in [6.45, 7) is 0. The van der Waals surface area contributed by atoms with Gasteiger partial charge in [-0.1, -0.05) is 29.6 Å². The molecule has 1 aromatic carbocycles. The highest BCUT2D eigenvalue weighted by Gasteiger charge is 2.24. The van der Waals surface area contributed by atoms with Crippen LogP contribution in [0.5, 0.6) is 0 Å². The molecule has 0 bridgehead atoms. The van der Waals surface area contributed by atoms with Crippen LogP contribution in [-0.4, -0.2) is 20.5 Å². The first-order valence-corrected chi connectivity index (χ1v) is 9.50. The molecule has 4 nitrogen and oxygen atoms in total. The Morgan fingerprint density at radius 2 is 1.76 bits per heavy atom. The lowest BCUT2D eigenvalue weighted by molar-refractivity contribution is 0.0211. The van der Waals surface area contributed by atoms with Gasteiger partial charge in [0.05, 0.1) is 20.5 Å². The van der Waals surface area contributed by atoms with Crippen LogP contribution in [0.15, 0.2) is 17.0 Å². The fourth-order valence-corrected chi connectivity index (χ4v) is 3.51. The quantitative estimate of drug-likeness (QED) is 0.583. The molecule has 0 saturated heterocycles. The molecule has 0 aromatic heterocycles. The maximum Gasteiger partial charge on any atom is 0.340 e. The lowest BCUT2D eigenvalue weighted by atomic mass is 9.98. The molecule has 0 spiro atoms. The van der Waals surface area contributed by atoms with Gasteiger partial charge in [0.25, 0.3) is 9.05 Å². The van der Waals surface area contributed by atoms with Crippen LogP contribution in [0.2, 0.25) is 10.0 Å². The highest BCUT2D eigenvalue weighted by Crippen LogP contribution is 2.32. The Balaban J connectivity index is 2.29. The average Bonchev–Trinajstić information content (AvgIpc) is 2.41. The van der Waals surface area contributed by atoms with Crippen LogP contribution in [0.3, 0.4) is 0 Å². The molecule has 0 unspecified atom stereocenters. The molecule has 2 rings (SSSR count). The van der Waals surface area contributed by atoms with Crippen molar-refractivity contribution in [1.82, 2.24) is 0 Å². The van der Waals surface area contributed by atoms with E-state index in [-0.39, 0.29) is 26.6 Å². The van der Waals surface area contributed by atoms with Crippen molar-refractivity contribution >= 4 is 48.9 Å². The maximum absolute atomic E-state index is 12.2. The smallest absolute Gasteiger partial charge is 0.340 e. The van der Waals surface area contributed by atoms with Crippen molar-refractivity contribution in [2.75, 3.05) is 0 Å². The molecule has 1 aliphatic carbocycles. The third kappa shape index (κ3) is 4.25. The summed E-state index contributed by atoms with van der Waals surface area (Å²) in [5, 5.41) is -0.101. The molecule has 0 heterocycles. The summed E-state index contributed by atoms with van der Waals surface area (Å²) < 4.78 is 28.1. The highest BCUT2D eigenvalue weighted by atomic mass is 35.7. The van der Waals surface area contributed by atoms with E-state index in [1.54, 1.807) is 0 Å². The first-order valence-electron chi connectivity index (χ1n) is 6.43. The minimum atomic E-state index is -4.01. The first kappa shape index (κ1) is 16.9. The van der Waals surface area contributed by atoms with E-state index in [1.807, 2.05) is 0 Å². The van der Waals surface area contributed by atoms with Gasteiger partial charge in [0.2, 0.25) is 0 Å². The van der Waals surface area contributed by atoms with Crippen molar-refractivity contribution in [2.45, 2.75) is 43.1 Å². The number of ether oxygens (including phenoxy) is 1. The molecule has 1 saturated carbocycles. The fourth-order valence-electron chi connectivity index (χ4n) is 2.25. The minimum Gasteiger partial charge on any atom is -0.459 e. The van der Waals surface area contributed by atoms with Crippen molar-refractivity contribution in [3.8, 4) is 0 Å². The zero-order valence-corrected chi connectivity index (χ0v) is 14.0. The highest BCUT2D eigenvalue weighted by molar-refractivity contribution is 8.13. The Bertz CT molecular complexity index is 652. The summed E-state index contributed by atoms with van der Waals surface area (Å²) in [6, 6.07) is 2.19. The third-order valence-electron chi connectivity index (χ3n) is 3.33. The van der Waals surface area contributed by atoms with Gasteiger partial charge < -0.3 is 4.74 Å². The maximum atomic E-state index is 12.2. The molecule has 0 aliphatic heterocycles. The van der Waals surface area contributed by atoms with E-state index < -0.39 is 15.0 Å². The lowest BCUT2D eigenvalue weighted by Gasteiger charge is -2.22. The van der Waals surface area contributed by atoms with Crippen LogP contribution in [0.1, 0.15) is 42.5 Å². The van der Waals surface area contributed by atoms with Gasteiger partial charge >= 0.3 is 5.97 Å². The zero-order valence-electron chi connectivity index (χ0n) is 10.9. The van der Waals surface area contributed by atoms with Gasteiger partial charge in [0, 0.05) is 10.7 Å². The standard InChI is InChI=1S/C13H13Cl3O4S/c14-11-7-9(21(16,18)19)6-10(12(11)15)13(17)20-8-4-2-1-3-5-8/h6-8H,1-5H2. The monoisotopic (exact) mass is 370 g/mol. The van der Waals surface area contributed by atoms with Crippen molar-refractivity contribution in [1.29, 1.82) is 0 Å². The lowest BCUT2D eigenvalue weighted by Crippen LogP contribution is -2.21. The molecule has 0 N–H and O–H groups in total. The predicted octanol–water partition coefficient (Wildman–Crippen LogP) is 4.41. The van der Waals surface area contributed by atoms with E-state index in [9.17, 15) is 13.2 Å². The molecule has 1 aromatic rings. The Kier molecular flexibility index (Phi) is 5.41. The minimum absolute atomic E-state index is 0.0402. The molecule has 1 aliphatic rings. The van der Waals surface area contributed by atoms with Crippen LogP contribution in [0.25, 0.3) is 0 Å². The zero-order chi connectivity index (χ0) is 15.6. The summed E-state index contributed by atoms with van der Waals surface area (Å²) >= 11 is 11.8. The van der Waals surface area contributed by atoms with Crippen molar-refractivity contribution in [3.05, 3.63) is 27.7 Å². The van der Waals surface area contributed by atoms with E-state index >= 15 is 0 Å². The predicted molar refractivity (Wildman–Crippen MR) is 81.8 cm³/mol. The molecular formula is C13H13Cl3O4S. The molecule has 0 radical (unpaired) electrons. The number of benzene rings is 1. The Hall–Kier alpha value is -0.490. The van der Waals surface area contributed by atoms with Crippen LogP contribution < -0.4 is 0 Å². The molecule has 1 fully saturated rings. The summed E-state index contributed by atoms with van der Waals surface area (Å²) in [6.07, 6.45) is 4.55. The van der Waals surface area contributed by atoms with Gasteiger partial charge in [-0.25, -0.2) is 13.2 Å². The van der Waals surface area contributed by atoms with Crippen LogP contribution in [0, 0.1) is 0 Å². The molecule has 21 heavy (non-hydrogen) atoms. The number of halogens is 3. The molecule has 0 atom stereocenters. The van der Waals surface area contributed by atoms with E-state index in [0.29, 0.717) is 0 Å². The van der Waals surface area contributed by atoms with Gasteiger partial charge in [0.15, 0.2) is 0 Å². The first-order chi connectivity index (χ1) is 9.79. The number of esters is 1. The van der Waals surface area contributed by atoms with E-state index in [2.05, 4.69) is 0 Å². The van der Waals surface area contributed by atoms with Crippen molar-refractivity contribution < 1.29 is 17.9 Å². The van der Waals surface area contributed by atoms with Crippen molar-refractivity contribution in [3.63, 3.8) is 0 Å². The van der Waals surface area contributed by atoms with Gasteiger partial charge in [-0.05, 0) is 37.8 Å². The van der Waals surface area contributed by atoms with E-state index in [1.165, 1.54) is 0 Å². The average molecular weight is 372 g/mol. The van der Waals surface area contributed by atoms with Crippen LogP contribution in [0.4, 0.5) is 0 Å². The third-order valence-corrected chi connectivity index (χ3v) is 5.46. The Morgan fingerprint density at radius 3 is 2.33 bits per heavy atom. The largest absolute Gasteiger partial charge is 0.459 e. The van der Waals surface area contributed by atoms with Gasteiger partial charge in [-0.3, -0.25) is 0 Å². The number of hydrogen-bond donors (Lipinski definition) is 0. The molecule has 116 valence electrons. The fraction of sp³-hybridized carbons (Fsp3) is 0.462. The van der Waals surface area contributed by atoms with Gasteiger partial charge in [-0.2, -0.15) is 0 Å². The molecule has 8 heteroatoms. The molecular weight excluding hydrogens is 359 g/mol. The molecule has 0 amide bonds. The Labute approximate surface area is 137 Å². The second-order valence-electron chi connectivity index (χ2n) is 4.87. The summed E-state index contributed by atoms with van der Waals surface area (Å²) in [5.41, 5.74) is -0.0889. The topological polar surface area (TPSA) is 60.4 Å². The number of carbonyl (C=O) groups is 1. The normalized spacial score (nSPS) is 16.7. The van der Waals surface area contributed by atoms with Crippen LogP contribution in [-0.2, 0) is 13.8 Å². The van der Waals surface area contributed by atoms with Gasteiger partial charge in [-0.15, -0.1) is 0 Å². The van der Waals surface area contributed by atoms with Crippen molar-refractivity contribution in [2.24, 2.45) is 0 Å². The SMILES string of the molecule is O=C(OC1CCCCC1)c1cc(S(=O)(=O)Cl)cc(Cl)c1Cl. The van der Waals surface area contributed by atoms with Crippen LogP contribution >= 0.6 is 33.9 Å². The van der Waals surface area contributed by atoms with E-state index in [0.717, 1.165) is 44.2 Å². The Morgan fingerprint density at radius 1 is 1.14 bits per heavy atom. The number of hydrogen-bond acceptors (Lipinski definition) is 4. The number of carbonyl (C=O) groups excluding carboxylic acids is 1. The second kappa shape index (κ2) is 6.73. The second-order valence-corrected chi connectivity index (χ2v) is 8.22. The number of rotatable bonds is 3. The summed E-state index contributed by atoms with van der Waals surface area (Å²) in [5.74, 6) is -0.684. The van der Waals surface area contributed by atoms with E-state index in [4.69, 9.17) is 38.6 Å². The summed E-state index contributed by atoms with van der Waals surface area (Å²) in [7, 11) is 1.26. The summed E-state index contributed by atoms with van der Waals surface area (Å²) in [4.78, 5) is 11.9. The van der Waals surface area contributed by atoms with Gasteiger partial charge in [0.1, 0.15) is 6.10 Å².